The molecule has 6 heteroatoms. The number of aryl methyl sites for hydroxylation is 1. The Kier molecular flexibility index (Phi) is 6.65. The van der Waals surface area contributed by atoms with Gasteiger partial charge in [0.1, 0.15) is 0 Å². The van der Waals surface area contributed by atoms with E-state index in [0.29, 0.717) is 5.92 Å². The number of rotatable bonds is 7. The average Bonchev–Trinajstić information content (AvgIpc) is 3.15. The fraction of sp³-hybridized carbons (Fsp3) is 0.529. The molecule has 5 nitrogen and oxygen atoms in total. The molecular formula is C17H27N5S. The van der Waals surface area contributed by atoms with Gasteiger partial charge in [0, 0.05) is 50.4 Å². The van der Waals surface area contributed by atoms with Crippen LogP contribution in [0.4, 0.5) is 0 Å². The number of aromatic nitrogens is 2. The topological polar surface area (TPSA) is 45.5 Å². The van der Waals surface area contributed by atoms with Gasteiger partial charge in [-0.2, -0.15) is 5.10 Å². The van der Waals surface area contributed by atoms with E-state index in [1.807, 2.05) is 35.5 Å². The van der Waals surface area contributed by atoms with Crippen LogP contribution in [-0.4, -0.2) is 40.8 Å². The van der Waals surface area contributed by atoms with Gasteiger partial charge in [-0.1, -0.05) is 13.0 Å². The maximum atomic E-state index is 4.81. The minimum Gasteiger partial charge on any atom is -0.357 e. The number of nitrogens with one attached hydrogen (secondary N) is 1. The molecule has 23 heavy (non-hydrogen) atoms. The summed E-state index contributed by atoms with van der Waals surface area (Å²) >= 11 is 1.82. The van der Waals surface area contributed by atoms with Gasteiger partial charge in [0.05, 0.1) is 6.20 Å². The van der Waals surface area contributed by atoms with Crippen molar-refractivity contribution in [3.63, 3.8) is 0 Å². The van der Waals surface area contributed by atoms with Crippen LogP contribution in [0.5, 0.6) is 0 Å². The fourth-order valence-electron chi connectivity index (χ4n) is 2.45. The van der Waals surface area contributed by atoms with Crippen LogP contribution in [0.2, 0.25) is 0 Å². The zero-order valence-electron chi connectivity index (χ0n) is 14.5. The fourth-order valence-corrected chi connectivity index (χ4v) is 3.32. The van der Waals surface area contributed by atoms with E-state index in [-0.39, 0.29) is 0 Å². The molecule has 0 aliphatic rings. The van der Waals surface area contributed by atoms with Crippen LogP contribution in [0.3, 0.4) is 0 Å². The Morgan fingerprint density at radius 2 is 2.35 bits per heavy atom. The van der Waals surface area contributed by atoms with Gasteiger partial charge in [-0.3, -0.25) is 9.67 Å². The zero-order chi connectivity index (χ0) is 16.7. The van der Waals surface area contributed by atoms with E-state index in [9.17, 15) is 0 Å². The van der Waals surface area contributed by atoms with E-state index in [0.717, 1.165) is 32.0 Å². The highest BCUT2D eigenvalue weighted by Crippen LogP contribution is 2.14. The summed E-state index contributed by atoms with van der Waals surface area (Å²) in [7, 11) is 4.01. The molecule has 126 valence electrons. The number of thiophene rings is 1. The van der Waals surface area contributed by atoms with Crippen molar-refractivity contribution in [1.82, 2.24) is 20.0 Å². The van der Waals surface area contributed by atoms with E-state index in [2.05, 4.69) is 53.7 Å². The first-order chi connectivity index (χ1) is 11.1. The molecule has 0 aromatic carbocycles. The highest BCUT2D eigenvalue weighted by Gasteiger charge is 2.09. The van der Waals surface area contributed by atoms with Crippen LogP contribution < -0.4 is 5.32 Å². The quantitative estimate of drug-likeness (QED) is 0.626. The Hall–Kier alpha value is -1.82. The summed E-state index contributed by atoms with van der Waals surface area (Å²) in [6.45, 7) is 6.86. The van der Waals surface area contributed by atoms with Crippen LogP contribution >= 0.6 is 11.3 Å². The number of guanidine groups is 1. The van der Waals surface area contributed by atoms with E-state index in [1.54, 1.807) is 0 Å². The molecule has 2 aromatic heterocycles. The van der Waals surface area contributed by atoms with Gasteiger partial charge >= 0.3 is 0 Å². The summed E-state index contributed by atoms with van der Waals surface area (Å²) in [5.41, 5.74) is 1.19. The highest BCUT2D eigenvalue weighted by atomic mass is 32.1. The molecule has 0 fully saturated rings. The lowest BCUT2D eigenvalue weighted by Crippen LogP contribution is -2.38. The molecule has 0 aliphatic heterocycles. The zero-order valence-corrected chi connectivity index (χ0v) is 15.3. The third kappa shape index (κ3) is 5.71. The van der Waals surface area contributed by atoms with Crippen molar-refractivity contribution in [2.75, 3.05) is 20.1 Å². The molecule has 1 atom stereocenters. The van der Waals surface area contributed by atoms with E-state index >= 15 is 0 Å². The lowest BCUT2D eigenvalue weighted by atomic mass is 10.1. The van der Waals surface area contributed by atoms with Crippen LogP contribution in [-0.2, 0) is 20.0 Å². The molecule has 0 amide bonds. The molecule has 0 saturated heterocycles. The van der Waals surface area contributed by atoms with Crippen molar-refractivity contribution in [3.8, 4) is 0 Å². The maximum absolute atomic E-state index is 4.81. The summed E-state index contributed by atoms with van der Waals surface area (Å²) in [4.78, 5) is 8.39. The van der Waals surface area contributed by atoms with Gasteiger partial charge in [-0.25, -0.2) is 0 Å². The Morgan fingerprint density at radius 3 is 2.96 bits per heavy atom. The molecule has 2 heterocycles. The first kappa shape index (κ1) is 17.5. The Bertz CT molecular complexity index is 602. The Balaban J connectivity index is 1.92. The van der Waals surface area contributed by atoms with Crippen LogP contribution in [0.15, 0.2) is 34.9 Å². The van der Waals surface area contributed by atoms with Crippen LogP contribution in [0, 0.1) is 5.92 Å². The lowest BCUT2D eigenvalue weighted by Gasteiger charge is -2.22. The maximum Gasteiger partial charge on any atom is 0.193 e. The summed E-state index contributed by atoms with van der Waals surface area (Å²) in [5.74, 6) is 1.49. The second-order valence-electron chi connectivity index (χ2n) is 5.96. The molecule has 1 N–H and O–H groups in total. The first-order valence-electron chi connectivity index (χ1n) is 8.07. The lowest BCUT2D eigenvalue weighted by molar-refractivity contribution is 0.471. The summed E-state index contributed by atoms with van der Waals surface area (Å²) in [6, 6.07) is 4.31. The third-order valence-electron chi connectivity index (χ3n) is 3.56. The molecule has 0 radical (unpaired) electrons. The van der Waals surface area contributed by atoms with Crippen molar-refractivity contribution in [3.05, 3.63) is 40.3 Å². The monoisotopic (exact) mass is 333 g/mol. The van der Waals surface area contributed by atoms with E-state index in [1.165, 1.54) is 10.4 Å². The largest absolute Gasteiger partial charge is 0.357 e. The Labute approximate surface area is 143 Å². The van der Waals surface area contributed by atoms with E-state index < -0.39 is 0 Å². The number of hydrogen-bond acceptors (Lipinski definition) is 3. The predicted molar refractivity (Wildman–Crippen MR) is 97.8 cm³/mol. The molecule has 0 bridgehead atoms. The minimum absolute atomic E-state index is 0.536. The first-order valence-corrected chi connectivity index (χ1v) is 8.95. The van der Waals surface area contributed by atoms with Crippen molar-refractivity contribution in [2.45, 2.75) is 26.8 Å². The van der Waals surface area contributed by atoms with Gasteiger partial charge in [0.2, 0.25) is 0 Å². The molecule has 0 saturated carbocycles. The minimum atomic E-state index is 0.536. The molecular weight excluding hydrogens is 306 g/mol. The van der Waals surface area contributed by atoms with Crippen LogP contribution in [0.25, 0.3) is 0 Å². The van der Waals surface area contributed by atoms with Gasteiger partial charge in [-0.05, 0) is 30.7 Å². The van der Waals surface area contributed by atoms with Gasteiger partial charge < -0.3 is 10.2 Å². The molecule has 0 spiro atoms. The number of nitrogens with zero attached hydrogens (tertiary/aromatic N) is 4. The van der Waals surface area contributed by atoms with Gasteiger partial charge in [0.25, 0.3) is 0 Å². The SMILES string of the molecule is CCNC(=NCC(C)Cc1cccs1)N(C)Cc1cnn(C)c1. The van der Waals surface area contributed by atoms with E-state index in [4.69, 9.17) is 4.99 Å². The summed E-state index contributed by atoms with van der Waals surface area (Å²) in [6.07, 6.45) is 5.03. The molecule has 0 aliphatic carbocycles. The van der Waals surface area contributed by atoms with Crippen molar-refractivity contribution in [1.29, 1.82) is 0 Å². The standard InChI is InChI=1S/C17H27N5S/c1-5-18-17(21(3)12-15-11-20-22(4)13-15)19-10-14(2)9-16-7-6-8-23-16/h6-8,11,13-14H,5,9-10,12H2,1-4H3,(H,18,19). The van der Waals surface area contributed by atoms with Crippen molar-refractivity contribution >= 4 is 17.3 Å². The number of aliphatic imine (C=N–C) groups is 1. The molecule has 2 aromatic rings. The molecule has 2 rings (SSSR count). The second-order valence-corrected chi connectivity index (χ2v) is 6.99. The van der Waals surface area contributed by atoms with Crippen molar-refractivity contribution < 1.29 is 0 Å². The Morgan fingerprint density at radius 1 is 1.52 bits per heavy atom. The average molecular weight is 334 g/mol. The van der Waals surface area contributed by atoms with Crippen molar-refractivity contribution in [2.24, 2.45) is 18.0 Å². The third-order valence-corrected chi connectivity index (χ3v) is 4.46. The predicted octanol–water partition coefficient (Wildman–Crippen LogP) is 2.76. The highest BCUT2D eigenvalue weighted by molar-refractivity contribution is 7.09. The normalized spacial score (nSPS) is 13.1. The summed E-state index contributed by atoms with van der Waals surface area (Å²) in [5, 5.41) is 9.73. The summed E-state index contributed by atoms with van der Waals surface area (Å²) < 4.78 is 1.83. The molecule has 1 unspecified atom stereocenters. The van der Waals surface area contributed by atoms with Gasteiger partial charge in [-0.15, -0.1) is 11.3 Å². The van der Waals surface area contributed by atoms with Gasteiger partial charge in [0.15, 0.2) is 5.96 Å². The smallest absolute Gasteiger partial charge is 0.193 e. The van der Waals surface area contributed by atoms with Crippen LogP contribution in [0.1, 0.15) is 24.3 Å². The number of hydrogen-bond donors (Lipinski definition) is 1. The second kappa shape index (κ2) is 8.72.